The average Bonchev–Trinajstić information content (AvgIpc) is 2.82. The standard InChI is InChI=1S/C10H12F3NO2S2/c11-10(12,13)8-3-1-5-14(7-8)18(15,16)9-4-2-6-17-9/h2,4,6,8H,1,3,5,7H2/t8-/m1/s1. The zero-order chi connectivity index (χ0) is 13.4. The van der Waals surface area contributed by atoms with Crippen molar-refractivity contribution in [2.45, 2.75) is 23.2 Å². The van der Waals surface area contributed by atoms with Gasteiger partial charge < -0.3 is 0 Å². The van der Waals surface area contributed by atoms with Crippen molar-refractivity contribution in [1.82, 2.24) is 4.31 Å². The van der Waals surface area contributed by atoms with Gasteiger partial charge in [0.05, 0.1) is 5.92 Å². The van der Waals surface area contributed by atoms with Crippen molar-refractivity contribution in [1.29, 1.82) is 0 Å². The Morgan fingerprint density at radius 1 is 1.39 bits per heavy atom. The molecule has 0 saturated carbocycles. The van der Waals surface area contributed by atoms with Gasteiger partial charge in [0.15, 0.2) is 0 Å². The highest BCUT2D eigenvalue weighted by molar-refractivity contribution is 7.91. The van der Waals surface area contributed by atoms with E-state index in [0.29, 0.717) is 0 Å². The van der Waals surface area contributed by atoms with Crippen LogP contribution in [0, 0.1) is 5.92 Å². The van der Waals surface area contributed by atoms with Gasteiger partial charge in [-0.05, 0) is 24.3 Å². The molecule has 0 aliphatic carbocycles. The zero-order valence-corrected chi connectivity index (χ0v) is 11.0. The van der Waals surface area contributed by atoms with Crippen LogP contribution in [0.25, 0.3) is 0 Å². The molecule has 2 heterocycles. The third-order valence-electron chi connectivity index (χ3n) is 2.94. The highest BCUT2D eigenvalue weighted by atomic mass is 32.2. The first-order valence-corrected chi connectivity index (χ1v) is 7.74. The molecule has 1 aliphatic rings. The molecule has 0 spiro atoms. The number of hydrogen-bond donors (Lipinski definition) is 0. The number of rotatable bonds is 2. The predicted molar refractivity (Wildman–Crippen MR) is 61.9 cm³/mol. The minimum atomic E-state index is -4.33. The first-order chi connectivity index (χ1) is 8.32. The summed E-state index contributed by atoms with van der Waals surface area (Å²) in [5.41, 5.74) is 0. The number of sulfonamides is 1. The average molecular weight is 299 g/mol. The molecule has 1 atom stereocenters. The van der Waals surface area contributed by atoms with Crippen LogP contribution in [0.1, 0.15) is 12.8 Å². The predicted octanol–water partition coefficient (Wildman–Crippen LogP) is 2.71. The van der Waals surface area contributed by atoms with Crippen LogP contribution in [-0.2, 0) is 10.0 Å². The number of halogens is 3. The van der Waals surface area contributed by atoms with Gasteiger partial charge in [0.25, 0.3) is 10.0 Å². The van der Waals surface area contributed by atoms with Gasteiger partial charge in [0.1, 0.15) is 4.21 Å². The Kier molecular flexibility index (Phi) is 3.70. The highest BCUT2D eigenvalue weighted by Crippen LogP contribution is 2.35. The van der Waals surface area contributed by atoms with Crippen LogP contribution in [-0.4, -0.2) is 32.0 Å². The second kappa shape index (κ2) is 4.82. The van der Waals surface area contributed by atoms with Crippen LogP contribution in [0.5, 0.6) is 0 Å². The molecule has 1 fully saturated rings. The van der Waals surface area contributed by atoms with Crippen LogP contribution < -0.4 is 0 Å². The SMILES string of the molecule is O=S(=O)(c1cccs1)N1CCC[C@@H](C(F)(F)F)C1. The monoisotopic (exact) mass is 299 g/mol. The third-order valence-corrected chi connectivity index (χ3v) is 6.17. The first kappa shape index (κ1) is 13.8. The normalized spacial score (nSPS) is 23.2. The molecule has 3 nitrogen and oxygen atoms in total. The van der Waals surface area contributed by atoms with Crippen molar-refractivity contribution in [2.75, 3.05) is 13.1 Å². The largest absolute Gasteiger partial charge is 0.393 e. The first-order valence-electron chi connectivity index (χ1n) is 5.42. The van der Waals surface area contributed by atoms with E-state index in [1.807, 2.05) is 0 Å². The quantitative estimate of drug-likeness (QED) is 0.842. The minimum Gasteiger partial charge on any atom is -0.206 e. The molecule has 0 N–H and O–H groups in total. The van der Waals surface area contributed by atoms with E-state index in [2.05, 4.69) is 0 Å². The third kappa shape index (κ3) is 2.70. The number of nitrogens with zero attached hydrogens (tertiary/aromatic N) is 1. The lowest BCUT2D eigenvalue weighted by Crippen LogP contribution is -2.44. The van der Waals surface area contributed by atoms with Crippen molar-refractivity contribution in [3.63, 3.8) is 0 Å². The maximum absolute atomic E-state index is 12.6. The Labute approximate surface area is 107 Å². The summed E-state index contributed by atoms with van der Waals surface area (Å²) in [6, 6.07) is 2.99. The second-order valence-corrected chi connectivity index (χ2v) is 7.29. The van der Waals surface area contributed by atoms with Crippen molar-refractivity contribution >= 4 is 21.4 Å². The fourth-order valence-electron chi connectivity index (χ4n) is 1.97. The molecule has 0 bridgehead atoms. The van der Waals surface area contributed by atoms with E-state index in [1.54, 1.807) is 11.4 Å². The molecule has 0 unspecified atom stereocenters. The summed E-state index contributed by atoms with van der Waals surface area (Å²) in [6.07, 6.45) is -4.08. The van der Waals surface area contributed by atoms with Crippen molar-refractivity contribution in [3.8, 4) is 0 Å². The summed E-state index contributed by atoms with van der Waals surface area (Å²) >= 11 is 1.02. The van der Waals surface area contributed by atoms with Gasteiger partial charge in [-0.2, -0.15) is 17.5 Å². The fraction of sp³-hybridized carbons (Fsp3) is 0.600. The molecular weight excluding hydrogens is 287 g/mol. The topological polar surface area (TPSA) is 37.4 Å². The lowest BCUT2D eigenvalue weighted by atomic mass is 9.99. The van der Waals surface area contributed by atoms with Crippen LogP contribution in [0.4, 0.5) is 13.2 Å². The van der Waals surface area contributed by atoms with Crippen molar-refractivity contribution in [3.05, 3.63) is 17.5 Å². The summed E-state index contributed by atoms with van der Waals surface area (Å²) in [5, 5.41) is 1.60. The molecule has 0 amide bonds. The van der Waals surface area contributed by atoms with Gasteiger partial charge >= 0.3 is 6.18 Å². The van der Waals surface area contributed by atoms with Gasteiger partial charge in [0.2, 0.25) is 0 Å². The highest BCUT2D eigenvalue weighted by Gasteiger charge is 2.44. The molecule has 0 aromatic carbocycles. The van der Waals surface area contributed by atoms with Gasteiger partial charge in [-0.1, -0.05) is 6.07 Å². The smallest absolute Gasteiger partial charge is 0.206 e. The van der Waals surface area contributed by atoms with E-state index < -0.39 is 28.7 Å². The molecule has 1 aromatic rings. The Morgan fingerprint density at radius 2 is 2.11 bits per heavy atom. The maximum atomic E-state index is 12.6. The Morgan fingerprint density at radius 3 is 2.67 bits per heavy atom. The molecule has 2 rings (SSSR count). The number of piperidine rings is 1. The van der Waals surface area contributed by atoms with E-state index in [0.717, 1.165) is 15.6 Å². The number of hydrogen-bond acceptors (Lipinski definition) is 3. The molecule has 18 heavy (non-hydrogen) atoms. The summed E-state index contributed by atoms with van der Waals surface area (Å²) in [5.74, 6) is -1.55. The number of alkyl halides is 3. The molecule has 1 aromatic heterocycles. The second-order valence-electron chi connectivity index (χ2n) is 4.18. The van der Waals surface area contributed by atoms with E-state index in [4.69, 9.17) is 0 Å². The summed E-state index contributed by atoms with van der Waals surface area (Å²) < 4.78 is 63.1. The van der Waals surface area contributed by atoms with Gasteiger partial charge in [-0.25, -0.2) is 8.42 Å². The summed E-state index contributed by atoms with van der Waals surface area (Å²) in [6.45, 7) is -0.309. The van der Waals surface area contributed by atoms with E-state index in [1.165, 1.54) is 6.07 Å². The van der Waals surface area contributed by atoms with Gasteiger partial charge in [-0.3, -0.25) is 0 Å². The van der Waals surface area contributed by atoms with E-state index in [-0.39, 0.29) is 23.6 Å². The summed E-state index contributed by atoms with van der Waals surface area (Å²) in [4.78, 5) is 0. The molecule has 1 aliphatic heterocycles. The lowest BCUT2D eigenvalue weighted by molar-refractivity contribution is -0.182. The van der Waals surface area contributed by atoms with Crippen LogP contribution in [0.15, 0.2) is 21.7 Å². The summed E-state index contributed by atoms with van der Waals surface area (Å²) in [7, 11) is -3.76. The van der Waals surface area contributed by atoms with Crippen molar-refractivity contribution in [2.24, 2.45) is 5.92 Å². The van der Waals surface area contributed by atoms with Gasteiger partial charge in [-0.15, -0.1) is 11.3 Å². The van der Waals surface area contributed by atoms with E-state index >= 15 is 0 Å². The lowest BCUT2D eigenvalue weighted by Gasteiger charge is -2.32. The Hall–Kier alpha value is -0.600. The maximum Gasteiger partial charge on any atom is 0.393 e. The molecule has 8 heteroatoms. The van der Waals surface area contributed by atoms with Crippen LogP contribution >= 0.6 is 11.3 Å². The van der Waals surface area contributed by atoms with Gasteiger partial charge in [0, 0.05) is 13.1 Å². The van der Waals surface area contributed by atoms with Crippen LogP contribution in [0.2, 0.25) is 0 Å². The Bertz CT molecular complexity index is 496. The van der Waals surface area contributed by atoms with Crippen molar-refractivity contribution < 1.29 is 21.6 Å². The molecule has 102 valence electrons. The fourth-order valence-corrected chi connectivity index (χ4v) is 4.63. The number of thiophene rings is 1. The van der Waals surface area contributed by atoms with Crippen LogP contribution in [0.3, 0.4) is 0 Å². The minimum absolute atomic E-state index is 0.0000392. The molecule has 0 radical (unpaired) electrons. The van der Waals surface area contributed by atoms with E-state index in [9.17, 15) is 21.6 Å². The Balaban J connectivity index is 2.20. The zero-order valence-electron chi connectivity index (χ0n) is 9.35. The molecule has 1 saturated heterocycles. The molecular formula is C10H12F3NO2S2.